The van der Waals surface area contributed by atoms with Gasteiger partial charge in [-0.2, -0.15) is 0 Å². The molecule has 5 heterocycles. The molecular formula is C73H132N4O31. The van der Waals surface area contributed by atoms with Gasteiger partial charge in [0.15, 0.2) is 25.2 Å². The molecule has 35 heteroatoms. The van der Waals surface area contributed by atoms with E-state index in [1.165, 1.54) is 102 Å². The minimum absolute atomic E-state index is 0.341. The molecule has 22 N–H and O–H groups in total. The third-order valence-electron chi connectivity index (χ3n) is 20.8. The monoisotopic (exact) mass is 1560 g/mol. The van der Waals surface area contributed by atoms with Crippen LogP contribution in [-0.4, -0.2) is 327 Å². The third kappa shape index (κ3) is 28.8. The number of carboxylic acid groups (broad SMARTS) is 1. The lowest BCUT2D eigenvalue weighted by molar-refractivity contribution is -0.403. The van der Waals surface area contributed by atoms with Crippen molar-refractivity contribution in [3.63, 3.8) is 0 Å². The van der Waals surface area contributed by atoms with E-state index in [0.717, 1.165) is 71.6 Å². The van der Waals surface area contributed by atoms with Gasteiger partial charge in [-0.3, -0.25) is 14.4 Å². The van der Waals surface area contributed by atoms with Crippen molar-refractivity contribution in [3.8, 4) is 0 Å². The molecule has 35 nitrogen and oxygen atoms in total. The number of aliphatic hydroxyl groups is 16. The molecule has 0 saturated carbocycles. The number of amides is 3. The Kier molecular flexibility index (Phi) is 44.1. The number of carbonyl (C=O) groups excluding carboxylic acids is 3. The number of unbranched alkanes of at least 4 members (excludes halogenated alkanes) is 24. The van der Waals surface area contributed by atoms with Crippen molar-refractivity contribution in [1.29, 1.82) is 0 Å². The van der Waals surface area contributed by atoms with Crippen LogP contribution >= 0.6 is 0 Å². The quantitative estimate of drug-likeness (QED) is 0.0229. The summed E-state index contributed by atoms with van der Waals surface area (Å²) >= 11 is 0. The first-order chi connectivity index (χ1) is 51.7. The first-order valence-corrected chi connectivity index (χ1v) is 39.3. The largest absolute Gasteiger partial charge is 0.477 e. The molecule has 108 heavy (non-hydrogen) atoms. The molecule has 3 amide bonds. The number of aliphatic carboxylic acids is 1. The Morgan fingerprint density at radius 2 is 0.954 bits per heavy atom. The average Bonchev–Trinajstić information content (AvgIpc) is 0.749. The van der Waals surface area contributed by atoms with Crippen LogP contribution in [0, 0.1) is 0 Å². The van der Waals surface area contributed by atoms with Crippen LogP contribution < -0.4 is 21.7 Å². The molecule has 5 fully saturated rings. The second-order valence-electron chi connectivity index (χ2n) is 29.5. The normalized spacial score (nSPS) is 34.7. The number of ether oxygens (including phenoxy) is 10. The van der Waals surface area contributed by atoms with Crippen molar-refractivity contribution >= 4 is 23.7 Å². The minimum Gasteiger partial charge on any atom is -0.477 e. The molecule has 5 aliphatic rings. The summed E-state index contributed by atoms with van der Waals surface area (Å²) in [6.07, 6.45) is -18.2. The number of aliphatic hydroxyl groups excluding tert-OH is 16. The summed E-state index contributed by atoms with van der Waals surface area (Å²) in [7, 11) is 0. The molecule has 0 aromatic rings. The van der Waals surface area contributed by atoms with E-state index < -0.39 is 247 Å². The Morgan fingerprint density at radius 1 is 0.509 bits per heavy atom. The molecule has 630 valence electrons. The number of carboxylic acids is 1. The van der Waals surface area contributed by atoms with Gasteiger partial charge in [-0.1, -0.05) is 180 Å². The smallest absolute Gasteiger partial charge is 0.364 e. The van der Waals surface area contributed by atoms with Crippen LogP contribution in [0.4, 0.5) is 0 Å². The third-order valence-corrected chi connectivity index (χ3v) is 20.8. The van der Waals surface area contributed by atoms with Crippen LogP contribution in [0.1, 0.15) is 207 Å². The molecule has 1 unspecified atom stereocenters. The van der Waals surface area contributed by atoms with E-state index >= 15 is 0 Å². The van der Waals surface area contributed by atoms with E-state index in [-0.39, 0.29) is 0 Å². The molecule has 5 saturated heterocycles. The van der Waals surface area contributed by atoms with E-state index in [4.69, 9.17) is 53.1 Å². The zero-order chi connectivity index (χ0) is 79.6. The highest BCUT2D eigenvalue weighted by atomic mass is 16.8. The summed E-state index contributed by atoms with van der Waals surface area (Å²) in [4.78, 5) is 53.2. The fraction of sp³-hybridized carbons (Fsp3) is 0.918. The molecule has 0 aromatic heterocycles. The Hall–Kier alpha value is -3.46. The molecule has 0 spiro atoms. The summed E-state index contributed by atoms with van der Waals surface area (Å²) < 4.78 is 60.1. The van der Waals surface area contributed by atoms with E-state index in [1.54, 1.807) is 6.08 Å². The second-order valence-corrected chi connectivity index (χ2v) is 29.5. The van der Waals surface area contributed by atoms with Crippen molar-refractivity contribution in [2.75, 3.05) is 39.6 Å². The highest BCUT2D eigenvalue weighted by Crippen LogP contribution is 2.41. The number of nitrogens with one attached hydrogen (secondary N) is 3. The zero-order valence-electron chi connectivity index (χ0n) is 63.3. The van der Waals surface area contributed by atoms with Gasteiger partial charge in [-0.05, 0) is 19.3 Å². The van der Waals surface area contributed by atoms with E-state index in [1.807, 2.05) is 0 Å². The second kappa shape index (κ2) is 50.0. The Bertz CT molecular complexity index is 2540. The van der Waals surface area contributed by atoms with Gasteiger partial charge in [0.25, 0.3) is 5.79 Å². The SMILES string of the molecule is CCCCCCCCCCCCC/C=C/[C@@H](O)[C@H](CO[C@@H]1O[C@H](CO)[C@@H](O[C@@H]2O[C@H](CO)[C@H](O[C@@H]3O[C@H](CO)[C@H](O)[C@H](O[C@@H]4O[C@H](CO)[C@H](O)[C@H](O)[C@H]4O)[C@H]3NC(C)=O)[C@H](O[C@]3(C(=O)O)C[C@H](O)[C@@H](NC(C)=O)[C@H]([C@H](O)[C@H](O)CO)O3)[C@H]2O)[C@H](O)[C@H]1O)NC(=O)C(N)CCCCCCCCCCCCCCCC. The predicted molar refractivity (Wildman–Crippen MR) is 382 cm³/mol. The number of carbonyl (C=O) groups is 4. The van der Waals surface area contributed by atoms with Crippen LogP contribution in [0.5, 0.6) is 0 Å². The topological polar surface area (TPSA) is 567 Å². The molecule has 29 atom stereocenters. The maximum atomic E-state index is 13.8. The number of allylic oxidation sites excluding steroid dienone is 1. The maximum Gasteiger partial charge on any atom is 0.364 e. The van der Waals surface area contributed by atoms with Crippen molar-refractivity contribution in [1.82, 2.24) is 16.0 Å². The highest BCUT2D eigenvalue weighted by molar-refractivity contribution is 5.81. The number of hydrogen-bond acceptors (Lipinski definition) is 31. The van der Waals surface area contributed by atoms with Crippen LogP contribution in [0.3, 0.4) is 0 Å². The molecular weight excluding hydrogens is 1430 g/mol. The highest BCUT2D eigenvalue weighted by Gasteiger charge is 2.62. The van der Waals surface area contributed by atoms with Gasteiger partial charge < -0.3 is 156 Å². The van der Waals surface area contributed by atoms with Crippen molar-refractivity contribution in [3.05, 3.63) is 12.2 Å². The Balaban J connectivity index is 1.41. The maximum absolute atomic E-state index is 13.8. The molecule has 5 aliphatic heterocycles. The molecule has 5 rings (SSSR count). The summed E-state index contributed by atoms with van der Waals surface area (Å²) in [5, 5.41) is 197. The van der Waals surface area contributed by atoms with Gasteiger partial charge in [0.1, 0.15) is 116 Å². The van der Waals surface area contributed by atoms with Crippen LogP contribution in [0.15, 0.2) is 12.2 Å². The Morgan fingerprint density at radius 3 is 1.47 bits per heavy atom. The van der Waals surface area contributed by atoms with Gasteiger partial charge in [-0.15, -0.1) is 0 Å². The van der Waals surface area contributed by atoms with Crippen molar-refractivity contribution in [2.45, 2.75) is 385 Å². The first-order valence-electron chi connectivity index (χ1n) is 39.3. The average molecular weight is 1560 g/mol. The van der Waals surface area contributed by atoms with E-state index in [9.17, 15) is 106 Å². The summed E-state index contributed by atoms with van der Waals surface area (Å²) in [5.41, 5.74) is 6.44. The zero-order valence-corrected chi connectivity index (χ0v) is 63.3. The standard InChI is InChI=1S/C73H132N4O31/c1-5-7-9-11-13-15-17-19-21-22-24-26-28-30-32-43(74)67(96)77-44(45(85)33-31-29-27-25-23-20-18-16-14-12-10-8-6-2)40-99-69-60(94)58(92)62(50(38-81)102-69)104-71-61(95)66(108-73(72(97)98)34-46(86)52(75-41(3)83)65(107-73)54(88)47(87)35-78)63(51(39-82)103-71)105-68-53(76-42(4)84)64(56(90)49(37-80)100-68)106-70-59(93)57(91)55(89)48(36-79)101-70/h31,33,43-66,68-71,78-82,85-95H,5-30,32,34-40,74H2,1-4H3,(H,75,83)(H,76,84)(H,77,96)(H,97,98)/b33-31+/t43?,44-,45+,46-,47+,48+,49+,50+,51+,52+,53+,54+,55-,56-,57-,58+,59+,60+,61+,62+,63-,64+,65+,66+,68-,69+,70-,71-,73-/m0/s1. The van der Waals surface area contributed by atoms with Crippen LogP contribution in [0.25, 0.3) is 0 Å². The summed E-state index contributed by atoms with van der Waals surface area (Å²) in [6.45, 7) is 0.196. The summed E-state index contributed by atoms with van der Waals surface area (Å²) in [5.74, 6) is -7.95. The van der Waals surface area contributed by atoms with Gasteiger partial charge in [0.2, 0.25) is 17.7 Å². The van der Waals surface area contributed by atoms with Crippen LogP contribution in [-0.2, 0) is 66.5 Å². The summed E-state index contributed by atoms with van der Waals surface area (Å²) in [6, 6.07) is -5.90. The Labute approximate surface area is 633 Å². The fourth-order valence-electron chi connectivity index (χ4n) is 14.4. The van der Waals surface area contributed by atoms with Gasteiger partial charge in [0.05, 0.1) is 70.0 Å². The van der Waals surface area contributed by atoms with Gasteiger partial charge >= 0.3 is 5.97 Å². The first kappa shape index (κ1) is 95.1. The molecule has 0 radical (unpaired) electrons. The molecule has 0 bridgehead atoms. The van der Waals surface area contributed by atoms with E-state index in [2.05, 4.69) is 29.8 Å². The predicted octanol–water partition coefficient (Wildman–Crippen LogP) is -2.11. The van der Waals surface area contributed by atoms with Crippen LogP contribution in [0.2, 0.25) is 0 Å². The lowest BCUT2D eigenvalue weighted by atomic mass is 9.88. The lowest BCUT2D eigenvalue weighted by Gasteiger charge is -2.52. The number of hydrogen-bond donors (Lipinski definition) is 21. The van der Waals surface area contributed by atoms with Crippen molar-refractivity contribution in [2.24, 2.45) is 5.73 Å². The van der Waals surface area contributed by atoms with Crippen molar-refractivity contribution < 1.29 is 153 Å². The molecule has 0 aromatic carbocycles. The molecule has 0 aliphatic carbocycles. The number of rotatable bonds is 52. The van der Waals surface area contributed by atoms with Gasteiger partial charge in [-0.25, -0.2) is 4.79 Å². The van der Waals surface area contributed by atoms with Gasteiger partial charge in [0, 0.05) is 20.3 Å². The lowest BCUT2D eigenvalue weighted by Crippen LogP contribution is -2.72. The fourth-order valence-corrected chi connectivity index (χ4v) is 14.4. The minimum atomic E-state index is -3.39. The van der Waals surface area contributed by atoms with E-state index in [0.29, 0.717) is 19.3 Å². The number of nitrogens with two attached hydrogens (primary N) is 1.